The number of nitrogens with zero attached hydrogens (tertiary/aromatic N) is 2. The fraction of sp³-hybridized carbons (Fsp3) is 0.588. The van der Waals surface area contributed by atoms with E-state index < -0.39 is 0 Å². The highest BCUT2D eigenvalue weighted by molar-refractivity contribution is 6.35. The van der Waals surface area contributed by atoms with Crippen LogP contribution in [0.25, 0.3) is 0 Å². The van der Waals surface area contributed by atoms with Gasteiger partial charge in [0.1, 0.15) is 0 Å². The van der Waals surface area contributed by atoms with Gasteiger partial charge in [-0.15, -0.1) is 0 Å². The fourth-order valence-electron chi connectivity index (χ4n) is 3.46. The number of benzene rings is 1. The summed E-state index contributed by atoms with van der Waals surface area (Å²) in [4.78, 5) is 16.9. The minimum absolute atomic E-state index is 0.274. The summed E-state index contributed by atoms with van der Waals surface area (Å²) in [6.45, 7) is 3.61. The molecule has 1 amide bonds. The molecule has 1 saturated heterocycles. The zero-order valence-corrected chi connectivity index (χ0v) is 14.5. The number of amides is 1. The zero-order valence-electron chi connectivity index (χ0n) is 12.9. The highest BCUT2D eigenvalue weighted by Gasteiger charge is 2.26. The maximum absolute atomic E-state index is 12.6. The Labute approximate surface area is 142 Å². The number of carbonyl (C=O) groups is 1. The first-order chi connectivity index (χ1) is 10.5. The molecule has 0 spiro atoms. The van der Waals surface area contributed by atoms with Gasteiger partial charge in [0.25, 0.3) is 0 Å². The van der Waals surface area contributed by atoms with Gasteiger partial charge < -0.3 is 9.80 Å². The van der Waals surface area contributed by atoms with Gasteiger partial charge in [-0.3, -0.25) is 4.79 Å². The van der Waals surface area contributed by atoms with E-state index in [4.69, 9.17) is 23.2 Å². The normalized spacial score (nSPS) is 20.0. The van der Waals surface area contributed by atoms with E-state index in [1.54, 1.807) is 6.07 Å². The summed E-state index contributed by atoms with van der Waals surface area (Å²) >= 11 is 12.3. The van der Waals surface area contributed by atoms with Gasteiger partial charge in [-0.2, -0.15) is 0 Å². The molecule has 0 saturated carbocycles. The topological polar surface area (TPSA) is 23.6 Å². The Morgan fingerprint density at radius 3 is 2.68 bits per heavy atom. The summed E-state index contributed by atoms with van der Waals surface area (Å²) in [5.41, 5.74) is 2.25. The van der Waals surface area contributed by atoms with Crippen LogP contribution in [-0.4, -0.2) is 42.4 Å². The average Bonchev–Trinajstić information content (AvgIpc) is 2.48. The van der Waals surface area contributed by atoms with E-state index in [-0.39, 0.29) is 5.91 Å². The van der Waals surface area contributed by atoms with Gasteiger partial charge in [-0.1, -0.05) is 23.2 Å². The number of halogens is 2. The quantitative estimate of drug-likeness (QED) is 0.820. The number of hydrogen-bond acceptors (Lipinski definition) is 2. The molecule has 0 aromatic heterocycles. The Hall–Kier alpha value is -0.770. The molecule has 1 fully saturated rings. The van der Waals surface area contributed by atoms with Gasteiger partial charge in [0, 0.05) is 29.6 Å². The minimum Gasteiger partial charge on any atom is -0.338 e. The highest BCUT2D eigenvalue weighted by atomic mass is 35.5. The first kappa shape index (κ1) is 16.1. The molecule has 120 valence electrons. The summed E-state index contributed by atoms with van der Waals surface area (Å²) < 4.78 is 0. The first-order valence-corrected chi connectivity index (χ1v) is 8.71. The molecular weight excluding hydrogens is 319 g/mol. The van der Waals surface area contributed by atoms with Crippen molar-refractivity contribution >= 4 is 29.1 Å². The third kappa shape index (κ3) is 3.58. The fourth-order valence-corrected chi connectivity index (χ4v) is 4.09. The van der Waals surface area contributed by atoms with Crippen LogP contribution >= 0.6 is 23.2 Å². The van der Waals surface area contributed by atoms with Crippen molar-refractivity contribution in [1.29, 1.82) is 0 Å². The van der Waals surface area contributed by atoms with E-state index in [0.717, 1.165) is 55.0 Å². The lowest BCUT2D eigenvalue weighted by atomic mass is 9.92. The van der Waals surface area contributed by atoms with Crippen LogP contribution in [0.5, 0.6) is 0 Å². The Kier molecular flexibility index (Phi) is 4.96. The van der Waals surface area contributed by atoms with Gasteiger partial charge in [0.05, 0.1) is 0 Å². The molecule has 0 bridgehead atoms. The van der Waals surface area contributed by atoms with Crippen LogP contribution in [0.3, 0.4) is 0 Å². The van der Waals surface area contributed by atoms with E-state index in [1.807, 2.05) is 11.0 Å². The lowest BCUT2D eigenvalue weighted by Gasteiger charge is -2.33. The molecule has 1 aromatic carbocycles. The summed E-state index contributed by atoms with van der Waals surface area (Å²) in [6, 6.07) is 3.73. The largest absolute Gasteiger partial charge is 0.338 e. The predicted molar refractivity (Wildman–Crippen MR) is 90.4 cm³/mol. The van der Waals surface area contributed by atoms with E-state index >= 15 is 0 Å². The molecule has 0 atom stereocenters. The van der Waals surface area contributed by atoms with E-state index in [9.17, 15) is 4.79 Å². The Balaban J connectivity index is 1.63. The van der Waals surface area contributed by atoms with Gasteiger partial charge in [-0.25, -0.2) is 0 Å². The highest BCUT2D eigenvalue weighted by Crippen LogP contribution is 2.30. The Bertz CT molecular complexity index is 568. The maximum Gasteiger partial charge on any atom is 0.223 e. The lowest BCUT2D eigenvalue weighted by molar-refractivity contribution is -0.133. The standard InChI is InChI=1S/C17H22Cl2N2O/c1-20-5-2-12(3-6-20)8-17(22)21-7-4-15-13(11-21)9-14(18)10-16(15)19/h9-10,12H,2-8,11H2,1H3. The molecule has 0 unspecified atom stereocenters. The zero-order chi connectivity index (χ0) is 15.7. The number of rotatable bonds is 2. The SMILES string of the molecule is CN1CCC(CC(=O)N2CCc3c(Cl)cc(Cl)cc3C2)CC1. The second-order valence-electron chi connectivity index (χ2n) is 6.54. The molecule has 2 aliphatic heterocycles. The summed E-state index contributed by atoms with van der Waals surface area (Å²) in [5, 5.41) is 1.37. The van der Waals surface area contributed by atoms with Crippen LogP contribution < -0.4 is 0 Å². The second-order valence-corrected chi connectivity index (χ2v) is 7.38. The van der Waals surface area contributed by atoms with E-state index in [0.29, 0.717) is 23.9 Å². The van der Waals surface area contributed by atoms with Crippen molar-refractivity contribution in [2.45, 2.75) is 32.2 Å². The van der Waals surface area contributed by atoms with Crippen molar-refractivity contribution in [3.05, 3.63) is 33.3 Å². The molecule has 2 aliphatic rings. The number of carbonyl (C=O) groups excluding carboxylic acids is 1. The molecule has 2 heterocycles. The second kappa shape index (κ2) is 6.77. The van der Waals surface area contributed by atoms with Gasteiger partial charge in [-0.05, 0) is 68.6 Å². The van der Waals surface area contributed by atoms with Crippen molar-refractivity contribution in [2.75, 3.05) is 26.7 Å². The summed E-state index contributed by atoms with van der Waals surface area (Å²) in [5.74, 6) is 0.810. The van der Waals surface area contributed by atoms with Crippen LogP contribution in [0.1, 0.15) is 30.4 Å². The van der Waals surface area contributed by atoms with Gasteiger partial charge in [0.15, 0.2) is 0 Å². The van der Waals surface area contributed by atoms with Crippen LogP contribution in [0, 0.1) is 5.92 Å². The molecule has 5 heteroatoms. The third-order valence-electron chi connectivity index (χ3n) is 4.90. The molecule has 22 heavy (non-hydrogen) atoms. The van der Waals surface area contributed by atoms with Crippen LogP contribution in [0.4, 0.5) is 0 Å². The van der Waals surface area contributed by atoms with Crippen LogP contribution in [0.2, 0.25) is 10.0 Å². The summed E-state index contributed by atoms with van der Waals surface area (Å²) in [7, 11) is 2.15. The number of fused-ring (bicyclic) bond motifs is 1. The van der Waals surface area contributed by atoms with Crippen molar-refractivity contribution in [3.8, 4) is 0 Å². The van der Waals surface area contributed by atoms with E-state index in [1.165, 1.54) is 0 Å². The smallest absolute Gasteiger partial charge is 0.223 e. The molecule has 0 N–H and O–H groups in total. The molecular formula is C17H22Cl2N2O. The first-order valence-electron chi connectivity index (χ1n) is 7.96. The molecule has 3 nitrogen and oxygen atoms in total. The number of hydrogen-bond donors (Lipinski definition) is 0. The lowest BCUT2D eigenvalue weighted by Crippen LogP contribution is -2.38. The van der Waals surface area contributed by atoms with Crippen LogP contribution in [-0.2, 0) is 17.8 Å². The monoisotopic (exact) mass is 340 g/mol. The average molecular weight is 341 g/mol. The van der Waals surface area contributed by atoms with Gasteiger partial charge >= 0.3 is 0 Å². The third-order valence-corrected chi connectivity index (χ3v) is 5.46. The van der Waals surface area contributed by atoms with Crippen molar-refractivity contribution < 1.29 is 4.79 Å². The Morgan fingerprint density at radius 1 is 1.23 bits per heavy atom. The number of likely N-dealkylation sites (tertiary alicyclic amines) is 1. The molecule has 1 aromatic rings. The van der Waals surface area contributed by atoms with Crippen molar-refractivity contribution in [3.63, 3.8) is 0 Å². The molecule has 0 aliphatic carbocycles. The molecule has 3 rings (SSSR count). The number of piperidine rings is 1. The van der Waals surface area contributed by atoms with Crippen LogP contribution in [0.15, 0.2) is 12.1 Å². The summed E-state index contributed by atoms with van der Waals surface area (Å²) in [6.07, 6.45) is 3.76. The molecule has 0 radical (unpaired) electrons. The van der Waals surface area contributed by atoms with Gasteiger partial charge in [0.2, 0.25) is 5.91 Å². The van der Waals surface area contributed by atoms with Crippen molar-refractivity contribution in [1.82, 2.24) is 9.80 Å². The minimum atomic E-state index is 0.274. The predicted octanol–water partition coefficient (Wildman–Crippen LogP) is 3.61. The van der Waals surface area contributed by atoms with E-state index in [2.05, 4.69) is 11.9 Å². The Morgan fingerprint density at radius 2 is 1.95 bits per heavy atom. The van der Waals surface area contributed by atoms with Crippen molar-refractivity contribution in [2.24, 2.45) is 5.92 Å². The maximum atomic E-state index is 12.6.